The molecule has 1 atom stereocenters. The molecule has 1 N–H and O–H groups in total. The van der Waals surface area contributed by atoms with Crippen LogP contribution in [0.5, 0.6) is 0 Å². The van der Waals surface area contributed by atoms with Gasteiger partial charge in [-0.15, -0.1) is 0 Å². The third-order valence-electron chi connectivity index (χ3n) is 3.55. The number of benzene rings is 2. The van der Waals surface area contributed by atoms with Gasteiger partial charge in [-0.25, -0.2) is 0 Å². The fourth-order valence-electron chi connectivity index (χ4n) is 2.59. The molecule has 3 rings (SSSR count). The molecule has 2 nitrogen and oxygen atoms in total. The van der Waals surface area contributed by atoms with Gasteiger partial charge in [0.25, 0.3) is 5.91 Å². The van der Waals surface area contributed by atoms with Crippen LogP contribution in [-0.2, 0) is 6.42 Å². The maximum atomic E-state index is 12.2. The molecule has 3 heteroatoms. The Balaban J connectivity index is 1.80. The fraction of sp³-hybridized carbons (Fsp3) is 0.188. The quantitative estimate of drug-likeness (QED) is 0.885. The topological polar surface area (TPSA) is 29.1 Å². The third kappa shape index (κ3) is 2.36. The van der Waals surface area contributed by atoms with Crippen molar-refractivity contribution in [1.82, 2.24) is 5.32 Å². The molecule has 2 aromatic rings. The van der Waals surface area contributed by atoms with E-state index in [-0.39, 0.29) is 11.9 Å². The number of rotatable bonds is 2. The number of carbonyl (C=O) groups excluding carboxylic acids is 1. The van der Waals surface area contributed by atoms with E-state index >= 15 is 0 Å². The van der Waals surface area contributed by atoms with Crippen molar-refractivity contribution in [1.29, 1.82) is 0 Å². The zero-order valence-electron chi connectivity index (χ0n) is 10.4. The first kappa shape index (κ1) is 12.2. The molecule has 96 valence electrons. The van der Waals surface area contributed by atoms with Crippen molar-refractivity contribution in [3.63, 3.8) is 0 Å². The van der Waals surface area contributed by atoms with Gasteiger partial charge in [0.2, 0.25) is 0 Å². The minimum Gasteiger partial charge on any atom is -0.345 e. The Morgan fingerprint density at radius 2 is 1.89 bits per heavy atom. The monoisotopic (exact) mass is 271 g/mol. The molecule has 0 radical (unpaired) electrons. The zero-order valence-corrected chi connectivity index (χ0v) is 11.2. The molecular formula is C16H14ClNO. The molecule has 2 aromatic carbocycles. The van der Waals surface area contributed by atoms with Crippen LogP contribution in [0.15, 0.2) is 48.5 Å². The highest BCUT2D eigenvalue weighted by atomic mass is 35.5. The number of halogens is 1. The van der Waals surface area contributed by atoms with E-state index in [1.807, 2.05) is 48.5 Å². The van der Waals surface area contributed by atoms with Crippen LogP contribution in [0.4, 0.5) is 0 Å². The fourth-order valence-corrected chi connectivity index (χ4v) is 2.87. The van der Waals surface area contributed by atoms with Gasteiger partial charge in [-0.05, 0) is 42.2 Å². The van der Waals surface area contributed by atoms with Gasteiger partial charge >= 0.3 is 0 Å². The molecule has 0 fully saturated rings. The summed E-state index contributed by atoms with van der Waals surface area (Å²) in [7, 11) is 0. The van der Waals surface area contributed by atoms with Crippen LogP contribution in [0.2, 0.25) is 5.02 Å². The Hall–Kier alpha value is -1.80. The summed E-state index contributed by atoms with van der Waals surface area (Å²) in [6.07, 6.45) is 1.84. The van der Waals surface area contributed by atoms with Gasteiger partial charge in [0.15, 0.2) is 0 Å². The van der Waals surface area contributed by atoms with Crippen molar-refractivity contribution < 1.29 is 4.79 Å². The van der Waals surface area contributed by atoms with Crippen molar-refractivity contribution in [3.05, 3.63) is 70.2 Å². The molecule has 0 aliphatic heterocycles. The SMILES string of the molecule is O=C(N[C@@H]1CCc2c(Cl)cccc21)c1ccccc1. The lowest BCUT2D eigenvalue weighted by Crippen LogP contribution is -2.27. The summed E-state index contributed by atoms with van der Waals surface area (Å²) < 4.78 is 0. The van der Waals surface area contributed by atoms with Gasteiger partial charge in [0.05, 0.1) is 6.04 Å². The number of hydrogen-bond acceptors (Lipinski definition) is 1. The zero-order chi connectivity index (χ0) is 13.2. The molecule has 1 aliphatic rings. The van der Waals surface area contributed by atoms with E-state index in [1.54, 1.807) is 0 Å². The first-order chi connectivity index (χ1) is 9.25. The number of hydrogen-bond donors (Lipinski definition) is 1. The highest BCUT2D eigenvalue weighted by Gasteiger charge is 2.25. The van der Waals surface area contributed by atoms with Crippen LogP contribution >= 0.6 is 11.6 Å². The van der Waals surface area contributed by atoms with E-state index in [4.69, 9.17) is 11.6 Å². The summed E-state index contributed by atoms with van der Waals surface area (Å²) in [5.74, 6) is -0.0292. The van der Waals surface area contributed by atoms with Crippen molar-refractivity contribution >= 4 is 17.5 Å². The Kier molecular flexibility index (Phi) is 3.26. The first-order valence-corrected chi connectivity index (χ1v) is 6.76. The second kappa shape index (κ2) is 5.06. The Bertz CT molecular complexity index is 609. The number of nitrogens with one attached hydrogen (secondary N) is 1. The molecule has 0 saturated heterocycles. The van der Waals surface area contributed by atoms with Gasteiger partial charge in [-0.1, -0.05) is 41.9 Å². The average molecular weight is 272 g/mol. The average Bonchev–Trinajstić information content (AvgIpc) is 2.84. The summed E-state index contributed by atoms with van der Waals surface area (Å²) in [4.78, 5) is 12.2. The van der Waals surface area contributed by atoms with Gasteiger partial charge in [-0.3, -0.25) is 4.79 Å². The maximum absolute atomic E-state index is 12.2. The van der Waals surface area contributed by atoms with Crippen molar-refractivity contribution in [2.24, 2.45) is 0 Å². The lowest BCUT2D eigenvalue weighted by molar-refractivity contribution is 0.0936. The Morgan fingerprint density at radius 3 is 2.68 bits per heavy atom. The summed E-state index contributed by atoms with van der Waals surface area (Å²) >= 11 is 6.18. The lowest BCUT2D eigenvalue weighted by atomic mass is 10.1. The van der Waals surface area contributed by atoms with Gasteiger partial charge < -0.3 is 5.32 Å². The van der Waals surface area contributed by atoms with Gasteiger partial charge in [0, 0.05) is 10.6 Å². The van der Waals surface area contributed by atoms with Crippen LogP contribution in [0.1, 0.15) is 33.9 Å². The first-order valence-electron chi connectivity index (χ1n) is 6.39. The van der Waals surface area contributed by atoms with Gasteiger partial charge in [0.1, 0.15) is 0 Å². The second-order valence-electron chi connectivity index (χ2n) is 4.74. The summed E-state index contributed by atoms with van der Waals surface area (Å²) in [5, 5.41) is 3.88. The van der Waals surface area contributed by atoms with Gasteiger partial charge in [-0.2, -0.15) is 0 Å². The van der Waals surface area contributed by atoms with Crippen LogP contribution < -0.4 is 5.32 Å². The van der Waals surface area contributed by atoms with Crippen LogP contribution in [0, 0.1) is 0 Å². The van der Waals surface area contributed by atoms with Crippen molar-refractivity contribution in [3.8, 4) is 0 Å². The Morgan fingerprint density at radius 1 is 1.11 bits per heavy atom. The smallest absolute Gasteiger partial charge is 0.251 e. The summed E-state index contributed by atoms with van der Waals surface area (Å²) in [6.45, 7) is 0. The molecule has 0 saturated carbocycles. The molecule has 0 bridgehead atoms. The largest absolute Gasteiger partial charge is 0.345 e. The Labute approximate surface area is 117 Å². The third-order valence-corrected chi connectivity index (χ3v) is 3.91. The number of amides is 1. The highest BCUT2D eigenvalue weighted by Crippen LogP contribution is 2.35. The van der Waals surface area contributed by atoms with E-state index in [0.29, 0.717) is 5.56 Å². The molecule has 0 spiro atoms. The molecule has 0 aromatic heterocycles. The van der Waals surface area contributed by atoms with E-state index in [1.165, 1.54) is 5.56 Å². The summed E-state index contributed by atoms with van der Waals surface area (Å²) in [6, 6.07) is 15.2. The van der Waals surface area contributed by atoms with Crippen LogP contribution in [0.25, 0.3) is 0 Å². The minimum absolute atomic E-state index is 0.0292. The molecule has 0 unspecified atom stereocenters. The standard InChI is InChI=1S/C16H14ClNO/c17-14-8-4-7-13-12(14)9-10-15(13)18-16(19)11-5-2-1-3-6-11/h1-8,15H,9-10H2,(H,18,19)/t15-/m1/s1. The number of carbonyl (C=O) groups is 1. The predicted molar refractivity (Wildman–Crippen MR) is 76.4 cm³/mol. The van der Waals surface area contributed by atoms with E-state index in [0.717, 1.165) is 23.4 Å². The normalized spacial score (nSPS) is 17.0. The van der Waals surface area contributed by atoms with Crippen molar-refractivity contribution in [2.75, 3.05) is 0 Å². The minimum atomic E-state index is -0.0292. The molecule has 19 heavy (non-hydrogen) atoms. The highest BCUT2D eigenvalue weighted by molar-refractivity contribution is 6.31. The van der Waals surface area contributed by atoms with Crippen LogP contribution in [0.3, 0.4) is 0 Å². The van der Waals surface area contributed by atoms with E-state index < -0.39 is 0 Å². The maximum Gasteiger partial charge on any atom is 0.251 e. The predicted octanol–water partition coefficient (Wildman–Crippen LogP) is 3.76. The lowest BCUT2D eigenvalue weighted by Gasteiger charge is -2.14. The van der Waals surface area contributed by atoms with E-state index in [2.05, 4.69) is 5.32 Å². The molecule has 1 aliphatic carbocycles. The van der Waals surface area contributed by atoms with Crippen molar-refractivity contribution in [2.45, 2.75) is 18.9 Å². The molecule has 1 amide bonds. The summed E-state index contributed by atoms with van der Waals surface area (Å²) in [5.41, 5.74) is 3.01. The van der Waals surface area contributed by atoms with Crippen LogP contribution in [-0.4, -0.2) is 5.91 Å². The molecule has 0 heterocycles. The second-order valence-corrected chi connectivity index (χ2v) is 5.15. The molecular weight excluding hydrogens is 258 g/mol. The van der Waals surface area contributed by atoms with E-state index in [9.17, 15) is 4.79 Å². The number of fused-ring (bicyclic) bond motifs is 1.